The summed E-state index contributed by atoms with van der Waals surface area (Å²) in [4.78, 5) is 18.3. The van der Waals surface area contributed by atoms with Gasteiger partial charge in [0.05, 0.1) is 0 Å². The number of amidine groups is 1. The molecule has 21 heavy (non-hydrogen) atoms. The van der Waals surface area contributed by atoms with Gasteiger partial charge >= 0.3 is 6.03 Å². The van der Waals surface area contributed by atoms with Crippen LogP contribution in [0.1, 0.15) is 84.5 Å². The van der Waals surface area contributed by atoms with Crippen LogP contribution in [0.5, 0.6) is 0 Å². The van der Waals surface area contributed by atoms with Crippen LogP contribution in [-0.2, 0) is 0 Å². The first-order chi connectivity index (χ1) is 10.1. The van der Waals surface area contributed by atoms with E-state index in [1.807, 2.05) is 4.90 Å². The van der Waals surface area contributed by atoms with Crippen LogP contribution in [0, 0.1) is 0 Å². The zero-order chi connectivity index (χ0) is 15.3. The van der Waals surface area contributed by atoms with Gasteiger partial charge in [0.1, 0.15) is 11.4 Å². The van der Waals surface area contributed by atoms with Gasteiger partial charge in [-0.25, -0.2) is 4.79 Å². The lowest BCUT2D eigenvalue weighted by Gasteiger charge is -2.41. The van der Waals surface area contributed by atoms with Crippen molar-refractivity contribution in [3.8, 4) is 0 Å². The molecular formula is C17H31N3O. The van der Waals surface area contributed by atoms with Crippen LogP contribution in [0.2, 0.25) is 0 Å². The molecule has 2 rings (SSSR count). The van der Waals surface area contributed by atoms with Crippen molar-refractivity contribution in [1.29, 1.82) is 0 Å². The van der Waals surface area contributed by atoms with Crippen molar-refractivity contribution >= 4 is 11.9 Å². The van der Waals surface area contributed by atoms with Crippen LogP contribution in [0.3, 0.4) is 0 Å². The Labute approximate surface area is 129 Å². The molecule has 1 fully saturated rings. The summed E-state index contributed by atoms with van der Waals surface area (Å²) in [6.07, 6.45) is 13.4. The van der Waals surface area contributed by atoms with Crippen LogP contribution in [0.4, 0.5) is 4.79 Å². The van der Waals surface area contributed by atoms with Crippen LogP contribution < -0.4 is 5.73 Å². The number of carbonyl (C=O) groups is 1. The van der Waals surface area contributed by atoms with Crippen molar-refractivity contribution < 1.29 is 4.79 Å². The lowest BCUT2D eigenvalue weighted by atomic mass is 9.83. The third-order valence-corrected chi connectivity index (χ3v) is 5.06. The molecule has 4 nitrogen and oxygen atoms in total. The average Bonchev–Trinajstić information content (AvgIpc) is 2.65. The Morgan fingerprint density at radius 2 is 1.38 bits per heavy atom. The minimum Gasteiger partial charge on any atom is -0.385 e. The quantitative estimate of drug-likeness (QED) is 0.786. The van der Waals surface area contributed by atoms with Gasteiger partial charge in [0.25, 0.3) is 0 Å². The third-order valence-electron chi connectivity index (χ3n) is 5.06. The van der Waals surface area contributed by atoms with Gasteiger partial charge < -0.3 is 10.6 Å². The van der Waals surface area contributed by atoms with Gasteiger partial charge in [0.2, 0.25) is 0 Å². The lowest BCUT2D eigenvalue weighted by Crippen LogP contribution is -2.56. The highest BCUT2D eigenvalue weighted by molar-refractivity contribution is 6.05. The number of hydrogen-bond donors (Lipinski definition) is 1. The second-order valence-electron chi connectivity index (χ2n) is 6.96. The van der Waals surface area contributed by atoms with Crippen molar-refractivity contribution in [3.05, 3.63) is 0 Å². The Balaban J connectivity index is 2.16. The molecule has 2 amide bonds. The molecule has 1 aliphatic heterocycles. The minimum atomic E-state index is -0.301. The Morgan fingerprint density at radius 1 is 0.952 bits per heavy atom. The van der Waals surface area contributed by atoms with E-state index in [9.17, 15) is 4.79 Å². The maximum atomic E-state index is 12.2. The molecule has 0 radical (unpaired) electrons. The molecule has 0 aromatic carbocycles. The van der Waals surface area contributed by atoms with E-state index >= 15 is 0 Å². The highest BCUT2D eigenvalue weighted by atomic mass is 16.2. The molecule has 0 bridgehead atoms. The average molecular weight is 293 g/mol. The van der Waals surface area contributed by atoms with Crippen molar-refractivity contribution in [2.24, 2.45) is 10.7 Å². The van der Waals surface area contributed by atoms with Gasteiger partial charge in [-0.05, 0) is 26.7 Å². The number of rotatable bonds is 1. The molecule has 0 atom stereocenters. The molecule has 1 spiro atoms. The lowest BCUT2D eigenvalue weighted by molar-refractivity contribution is 0.129. The van der Waals surface area contributed by atoms with Gasteiger partial charge in [-0.2, -0.15) is 4.99 Å². The van der Waals surface area contributed by atoms with E-state index in [0.29, 0.717) is 5.84 Å². The summed E-state index contributed by atoms with van der Waals surface area (Å²) < 4.78 is 0. The van der Waals surface area contributed by atoms with Gasteiger partial charge in [-0.3, -0.25) is 0 Å². The van der Waals surface area contributed by atoms with Crippen LogP contribution in [0.25, 0.3) is 0 Å². The fourth-order valence-corrected chi connectivity index (χ4v) is 3.98. The fraction of sp³-hybridized carbons (Fsp3) is 0.882. The molecule has 1 heterocycles. The van der Waals surface area contributed by atoms with Crippen molar-refractivity contribution in [2.75, 3.05) is 0 Å². The Morgan fingerprint density at radius 3 is 1.81 bits per heavy atom. The number of nitrogens with zero attached hydrogens (tertiary/aromatic N) is 2. The summed E-state index contributed by atoms with van der Waals surface area (Å²) in [5.74, 6) is 0.568. The molecule has 2 aliphatic rings. The topological polar surface area (TPSA) is 58.7 Å². The molecule has 1 saturated carbocycles. The summed E-state index contributed by atoms with van der Waals surface area (Å²) in [5.41, 5.74) is 5.93. The van der Waals surface area contributed by atoms with Gasteiger partial charge in [0.15, 0.2) is 0 Å². The number of nitrogens with two attached hydrogens (primary N) is 1. The fourth-order valence-electron chi connectivity index (χ4n) is 3.98. The van der Waals surface area contributed by atoms with Crippen molar-refractivity contribution in [1.82, 2.24) is 4.90 Å². The van der Waals surface area contributed by atoms with E-state index in [2.05, 4.69) is 18.8 Å². The molecule has 0 saturated heterocycles. The van der Waals surface area contributed by atoms with E-state index in [4.69, 9.17) is 5.73 Å². The monoisotopic (exact) mass is 293 g/mol. The molecule has 4 heteroatoms. The normalized spacial score (nSPS) is 24.8. The summed E-state index contributed by atoms with van der Waals surface area (Å²) in [6, 6.07) is 0.0322. The second kappa shape index (κ2) is 7.28. The minimum absolute atomic E-state index is 0.130. The Kier molecular flexibility index (Phi) is 5.65. The Hall–Kier alpha value is -1.06. The summed E-state index contributed by atoms with van der Waals surface area (Å²) in [5, 5.41) is 0. The first-order valence-electron chi connectivity index (χ1n) is 8.76. The zero-order valence-electron chi connectivity index (χ0n) is 13.7. The standard InChI is InChI=1S/C17H31N3O/c1-14(2)20-16(21)19-15(18)17(20)12-10-8-6-4-3-5-7-9-11-13-17/h14H,3-13H2,1-2H3,(H2,18,19,21). The van der Waals surface area contributed by atoms with Crippen molar-refractivity contribution in [2.45, 2.75) is 96.1 Å². The van der Waals surface area contributed by atoms with E-state index in [1.165, 1.54) is 44.9 Å². The number of amides is 2. The van der Waals surface area contributed by atoms with E-state index in [-0.39, 0.29) is 17.6 Å². The van der Waals surface area contributed by atoms with Gasteiger partial charge in [0, 0.05) is 6.04 Å². The van der Waals surface area contributed by atoms with Gasteiger partial charge in [-0.1, -0.05) is 57.8 Å². The Bertz CT molecular complexity index is 377. The maximum Gasteiger partial charge on any atom is 0.346 e. The maximum absolute atomic E-state index is 12.2. The van der Waals surface area contributed by atoms with E-state index in [0.717, 1.165) is 25.7 Å². The molecular weight excluding hydrogens is 262 g/mol. The second-order valence-corrected chi connectivity index (χ2v) is 6.96. The van der Waals surface area contributed by atoms with Crippen LogP contribution >= 0.6 is 0 Å². The first kappa shape index (κ1) is 16.3. The molecule has 2 N–H and O–H groups in total. The SMILES string of the molecule is CC(C)N1C(=O)N=C(N)C12CCCCCCCCCCC2. The number of hydrogen-bond acceptors (Lipinski definition) is 2. The molecule has 0 aromatic rings. The largest absolute Gasteiger partial charge is 0.385 e. The summed E-state index contributed by atoms with van der Waals surface area (Å²) >= 11 is 0. The number of urea groups is 1. The number of aliphatic imine (C=N–C) groups is 1. The molecule has 1 aliphatic carbocycles. The predicted octanol–water partition coefficient (Wildman–Crippen LogP) is 4.23. The number of carbonyl (C=O) groups excluding carboxylic acids is 1. The predicted molar refractivity (Wildman–Crippen MR) is 87.5 cm³/mol. The van der Waals surface area contributed by atoms with E-state index in [1.54, 1.807) is 0 Å². The molecule has 0 unspecified atom stereocenters. The van der Waals surface area contributed by atoms with Crippen molar-refractivity contribution in [3.63, 3.8) is 0 Å². The summed E-state index contributed by atoms with van der Waals surface area (Å²) in [6.45, 7) is 4.15. The smallest absolute Gasteiger partial charge is 0.346 e. The molecule has 120 valence electrons. The summed E-state index contributed by atoms with van der Waals surface area (Å²) in [7, 11) is 0. The first-order valence-corrected chi connectivity index (χ1v) is 8.76. The van der Waals surface area contributed by atoms with Crippen LogP contribution in [0.15, 0.2) is 4.99 Å². The zero-order valence-corrected chi connectivity index (χ0v) is 13.7. The van der Waals surface area contributed by atoms with Gasteiger partial charge in [-0.15, -0.1) is 0 Å². The molecule has 0 aromatic heterocycles. The highest BCUT2D eigenvalue weighted by Gasteiger charge is 2.48. The van der Waals surface area contributed by atoms with Crippen LogP contribution in [-0.4, -0.2) is 28.3 Å². The van der Waals surface area contributed by atoms with E-state index < -0.39 is 0 Å². The third kappa shape index (κ3) is 3.58. The highest BCUT2D eigenvalue weighted by Crippen LogP contribution is 2.36.